The molecular weight excluding hydrogens is 332 g/mol. The average Bonchev–Trinajstić information content (AvgIpc) is 3.03. The Morgan fingerprint density at radius 2 is 2.04 bits per heavy atom. The molecule has 2 fully saturated rings. The topological polar surface area (TPSA) is 104 Å². The van der Waals surface area contributed by atoms with Gasteiger partial charge in [-0.1, -0.05) is 18.6 Å². The van der Waals surface area contributed by atoms with Crippen LogP contribution >= 0.6 is 0 Å². The van der Waals surface area contributed by atoms with Crippen molar-refractivity contribution in [1.29, 1.82) is 0 Å². The SMILES string of the molecule is CS(=O)(=O)Nc1ccccc1C(=O)N1C[C@@H]2CCC[C@@]2(C(=O)O)C1. The maximum absolute atomic E-state index is 12.8. The van der Waals surface area contributed by atoms with Gasteiger partial charge in [0.2, 0.25) is 10.0 Å². The van der Waals surface area contributed by atoms with E-state index >= 15 is 0 Å². The smallest absolute Gasteiger partial charge is 0.311 e. The van der Waals surface area contributed by atoms with E-state index in [0.717, 1.165) is 19.1 Å². The molecule has 130 valence electrons. The number of anilines is 1. The predicted octanol–water partition coefficient (Wildman–Crippen LogP) is 1.38. The van der Waals surface area contributed by atoms with Crippen molar-refractivity contribution in [2.45, 2.75) is 19.3 Å². The minimum absolute atomic E-state index is 0.0334. The molecule has 1 saturated heterocycles. The number of sulfonamides is 1. The molecule has 0 bridgehead atoms. The number of nitrogens with one attached hydrogen (secondary N) is 1. The second-order valence-electron chi connectivity index (χ2n) is 6.66. The van der Waals surface area contributed by atoms with Gasteiger partial charge in [0, 0.05) is 13.1 Å². The number of fused-ring (bicyclic) bond motifs is 1. The van der Waals surface area contributed by atoms with Crippen LogP contribution in [0.2, 0.25) is 0 Å². The molecule has 8 heteroatoms. The third-order valence-corrected chi connectivity index (χ3v) is 5.63. The van der Waals surface area contributed by atoms with Gasteiger partial charge in [-0.25, -0.2) is 8.42 Å². The molecule has 0 spiro atoms. The van der Waals surface area contributed by atoms with E-state index in [1.807, 2.05) is 0 Å². The first-order chi connectivity index (χ1) is 11.2. The molecule has 1 aromatic carbocycles. The lowest BCUT2D eigenvalue weighted by Crippen LogP contribution is -2.37. The normalized spacial score (nSPS) is 26.2. The molecule has 7 nitrogen and oxygen atoms in total. The Kier molecular flexibility index (Phi) is 4.03. The molecule has 0 aromatic heterocycles. The molecule has 24 heavy (non-hydrogen) atoms. The fourth-order valence-corrected chi connectivity index (χ4v) is 4.50. The van der Waals surface area contributed by atoms with Gasteiger partial charge in [0.05, 0.1) is 22.9 Å². The van der Waals surface area contributed by atoms with Gasteiger partial charge in [-0.3, -0.25) is 14.3 Å². The van der Waals surface area contributed by atoms with E-state index in [-0.39, 0.29) is 29.6 Å². The molecule has 1 aliphatic carbocycles. The maximum Gasteiger partial charge on any atom is 0.311 e. The van der Waals surface area contributed by atoms with Crippen molar-refractivity contribution in [3.8, 4) is 0 Å². The number of hydrogen-bond acceptors (Lipinski definition) is 4. The molecule has 1 aliphatic heterocycles. The Balaban J connectivity index is 1.88. The Bertz CT molecular complexity index is 791. The first-order valence-corrected chi connectivity index (χ1v) is 9.71. The number of nitrogens with zero attached hydrogens (tertiary/aromatic N) is 1. The van der Waals surface area contributed by atoms with Crippen LogP contribution in [0.3, 0.4) is 0 Å². The van der Waals surface area contributed by atoms with Crippen LogP contribution in [0.5, 0.6) is 0 Å². The highest BCUT2D eigenvalue weighted by Gasteiger charge is 2.55. The van der Waals surface area contributed by atoms with E-state index in [9.17, 15) is 23.1 Å². The van der Waals surface area contributed by atoms with Gasteiger partial charge in [0.25, 0.3) is 5.91 Å². The molecular formula is C16H20N2O5S. The van der Waals surface area contributed by atoms with Crippen molar-refractivity contribution in [1.82, 2.24) is 4.90 Å². The van der Waals surface area contributed by atoms with E-state index in [4.69, 9.17) is 0 Å². The average molecular weight is 352 g/mol. The number of hydrogen-bond donors (Lipinski definition) is 2. The van der Waals surface area contributed by atoms with Crippen molar-refractivity contribution in [3.05, 3.63) is 29.8 Å². The molecule has 0 unspecified atom stereocenters. The first kappa shape index (κ1) is 16.8. The van der Waals surface area contributed by atoms with Gasteiger partial charge in [0.1, 0.15) is 0 Å². The Morgan fingerprint density at radius 1 is 1.33 bits per heavy atom. The number of benzene rings is 1. The fourth-order valence-electron chi connectivity index (χ4n) is 3.92. The van der Waals surface area contributed by atoms with Crippen LogP contribution in [0.1, 0.15) is 29.6 Å². The third kappa shape index (κ3) is 2.86. The lowest BCUT2D eigenvalue weighted by Gasteiger charge is -2.23. The van der Waals surface area contributed by atoms with E-state index in [2.05, 4.69) is 4.72 Å². The summed E-state index contributed by atoms with van der Waals surface area (Å²) >= 11 is 0. The minimum atomic E-state index is -3.51. The zero-order chi connectivity index (χ0) is 17.5. The number of amides is 1. The number of carbonyl (C=O) groups is 2. The van der Waals surface area contributed by atoms with Crippen molar-refractivity contribution < 1.29 is 23.1 Å². The zero-order valence-electron chi connectivity index (χ0n) is 13.4. The fraction of sp³-hybridized carbons (Fsp3) is 0.500. The number of rotatable bonds is 4. The lowest BCUT2D eigenvalue weighted by atomic mass is 9.81. The van der Waals surface area contributed by atoms with Gasteiger partial charge in [-0.2, -0.15) is 0 Å². The van der Waals surface area contributed by atoms with Crippen LogP contribution in [0.25, 0.3) is 0 Å². The molecule has 1 aromatic rings. The van der Waals surface area contributed by atoms with Crippen molar-refractivity contribution in [2.24, 2.45) is 11.3 Å². The number of carbonyl (C=O) groups excluding carboxylic acids is 1. The molecule has 1 heterocycles. The summed E-state index contributed by atoms with van der Waals surface area (Å²) in [6, 6.07) is 6.38. The van der Waals surface area contributed by atoms with Crippen LogP contribution in [-0.4, -0.2) is 49.6 Å². The molecule has 3 rings (SSSR count). The second kappa shape index (κ2) is 5.77. The monoisotopic (exact) mass is 352 g/mol. The maximum atomic E-state index is 12.8. The quantitative estimate of drug-likeness (QED) is 0.852. The summed E-state index contributed by atoms with van der Waals surface area (Å²) in [6.45, 7) is 0.581. The van der Waals surface area contributed by atoms with Crippen LogP contribution in [0, 0.1) is 11.3 Å². The largest absolute Gasteiger partial charge is 0.481 e. The summed E-state index contributed by atoms with van der Waals surface area (Å²) in [7, 11) is -3.51. The summed E-state index contributed by atoms with van der Waals surface area (Å²) in [5.41, 5.74) is -0.399. The van der Waals surface area contributed by atoms with Gasteiger partial charge < -0.3 is 10.0 Å². The number of carboxylic acid groups (broad SMARTS) is 1. The highest BCUT2D eigenvalue weighted by molar-refractivity contribution is 7.92. The number of likely N-dealkylation sites (tertiary alicyclic amines) is 1. The summed E-state index contributed by atoms with van der Waals surface area (Å²) in [4.78, 5) is 26.1. The van der Waals surface area contributed by atoms with Crippen molar-refractivity contribution in [3.63, 3.8) is 0 Å². The molecule has 2 atom stereocenters. The summed E-state index contributed by atoms with van der Waals surface area (Å²) in [6.07, 6.45) is 3.28. The van der Waals surface area contributed by atoms with Crippen molar-refractivity contribution >= 4 is 27.6 Å². The van der Waals surface area contributed by atoms with Gasteiger partial charge in [-0.05, 0) is 30.9 Å². The van der Waals surface area contributed by atoms with Gasteiger partial charge in [-0.15, -0.1) is 0 Å². The zero-order valence-corrected chi connectivity index (χ0v) is 14.2. The Hall–Kier alpha value is -2.09. The van der Waals surface area contributed by atoms with Crippen LogP contribution in [-0.2, 0) is 14.8 Å². The van der Waals surface area contributed by atoms with Gasteiger partial charge in [0.15, 0.2) is 0 Å². The Morgan fingerprint density at radius 3 is 2.67 bits per heavy atom. The first-order valence-electron chi connectivity index (χ1n) is 7.82. The highest BCUT2D eigenvalue weighted by Crippen LogP contribution is 2.49. The summed E-state index contributed by atoms with van der Waals surface area (Å²) in [5, 5.41) is 9.62. The lowest BCUT2D eigenvalue weighted by molar-refractivity contribution is -0.149. The summed E-state index contributed by atoms with van der Waals surface area (Å²) < 4.78 is 25.3. The standard InChI is InChI=1S/C16H20N2O5S/c1-24(22,23)17-13-7-3-2-6-12(13)14(19)18-9-11-5-4-8-16(11,10-18)15(20)21/h2-3,6-7,11,17H,4-5,8-10H2,1H3,(H,20,21)/t11-,16+/m0/s1. The van der Waals surface area contributed by atoms with Gasteiger partial charge >= 0.3 is 5.97 Å². The number of para-hydroxylation sites is 1. The number of carboxylic acids is 1. The minimum Gasteiger partial charge on any atom is -0.481 e. The van der Waals surface area contributed by atoms with E-state index in [1.54, 1.807) is 23.1 Å². The van der Waals surface area contributed by atoms with E-state index < -0.39 is 21.4 Å². The molecule has 0 radical (unpaired) electrons. The Labute approximate surface area is 140 Å². The van der Waals surface area contributed by atoms with Crippen LogP contribution < -0.4 is 4.72 Å². The molecule has 1 amide bonds. The summed E-state index contributed by atoms with van der Waals surface area (Å²) in [5.74, 6) is -1.21. The molecule has 2 N–H and O–H groups in total. The van der Waals surface area contributed by atoms with Crippen LogP contribution in [0.4, 0.5) is 5.69 Å². The van der Waals surface area contributed by atoms with E-state index in [1.165, 1.54) is 6.07 Å². The number of aliphatic carboxylic acids is 1. The van der Waals surface area contributed by atoms with Crippen LogP contribution in [0.15, 0.2) is 24.3 Å². The second-order valence-corrected chi connectivity index (χ2v) is 8.40. The third-order valence-electron chi connectivity index (χ3n) is 5.04. The predicted molar refractivity (Wildman–Crippen MR) is 88.2 cm³/mol. The highest BCUT2D eigenvalue weighted by atomic mass is 32.2. The molecule has 1 saturated carbocycles. The molecule has 2 aliphatic rings. The van der Waals surface area contributed by atoms with E-state index in [0.29, 0.717) is 13.0 Å². The van der Waals surface area contributed by atoms with Crippen molar-refractivity contribution in [2.75, 3.05) is 24.1 Å².